The minimum Gasteiger partial charge on any atom is -0.543 e. The number of oxime groups is 1. The molecule has 5 heterocycles. The molecule has 2 amide bonds. The molecule has 2 aliphatic heterocycles. The van der Waals surface area contributed by atoms with Gasteiger partial charge in [-0.05, 0) is 17.0 Å². The summed E-state index contributed by atoms with van der Waals surface area (Å²) in [5.74, 6) is -3.79. The fourth-order valence-corrected chi connectivity index (χ4v) is 7.04. The highest BCUT2D eigenvalue weighted by Gasteiger charge is 2.53. The molecule has 3 atom stereocenters. The van der Waals surface area contributed by atoms with Crippen molar-refractivity contribution in [1.82, 2.24) is 29.8 Å². The van der Waals surface area contributed by atoms with Crippen molar-refractivity contribution in [1.29, 1.82) is 0 Å². The number of amides is 2. The first-order valence-electron chi connectivity index (χ1n) is 12.0. The Kier molecular flexibility index (Phi) is 7.93. The van der Waals surface area contributed by atoms with Crippen molar-refractivity contribution in [3.8, 4) is 0 Å². The molecular formula is C22H22N10O7S3. The number of aliphatic carboxylic acids is 2. The van der Waals surface area contributed by atoms with E-state index >= 15 is 0 Å². The van der Waals surface area contributed by atoms with Gasteiger partial charge in [0.15, 0.2) is 10.8 Å². The van der Waals surface area contributed by atoms with Gasteiger partial charge in [-0.2, -0.15) is 4.98 Å². The monoisotopic (exact) mass is 634 g/mol. The molecule has 0 aliphatic carbocycles. The maximum atomic E-state index is 13.1. The molecule has 2 aliphatic rings. The molecule has 0 radical (unpaired) electrons. The molecule has 6 N–H and O–H groups in total. The van der Waals surface area contributed by atoms with Crippen LogP contribution < -0.4 is 26.5 Å². The van der Waals surface area contributed by atoms with Gasteiger partial charge in [0.2, 0.25) is 6.10 Å². The summed E-state index contributed by atoms with van der Waals surface area (Å²) < 4.78 is 3.32. The summed E-state index contributed by atoms with van der Waals surface area (Å²) in [6.45, 7) is 1.22. The molecule has 3 aromatic rings. The number of fused-ring (bicyclic) bond motifs is 2. The molecule has 3 aromatic heterocycles. The van der Waals surface area contributed by atoms with Crippen LogP contribution in [0.5, 0.6) is 0 Å². The van der Waals surface area contributed by atoms with Crippen molar-refractivity contribution < 1.29 is 38.8 Å². The second-order valence-electron chi connectivity index (χ2n) is 8.96. The number of carboxylic acids is 2. The molecule has 0 spiro atoms. The number of carbonyl (C=O) groups excluding carboxylic acids is 3. The highest BCUT2D eigenvalue weighted by molar-refractivity contribution is 8.01. The number of nitrogens with one attached hydrogen (secondary N) is 1. The van der Waals surface area contributed by atoms with Gasteiger partial charge in [0.25, 0.3) is 28.9 Å². The van der Waals surface area contributed by atoms with Crippen LogP contribution in [0.1, 0.15) is 12.6 Å². The maximum absolute atomic E-state index is 13.1. The Hall–Kier alpha value is -4.43. The van der Waals surface area contributed by atoms with Gasteiger partial charge in [-0.3, -0.25) is 14.5 Å². The van der Waals surface area contributed by atoms with Crippen LogP contribution in [0.15, 0.2) is 39.4 Å². The Bertz CT molecular complexity index is 1690. The van der Waals surface area contributed by atoms with Crippen molar-refractivity contribution in [2.24, 2.45) is 12.2 Å². The first-order valence-corrected chi connectivity index (χ1v) is 14.9. The Balaban J connectivity index is 1.34. The predicted molar refractivity (Wildman–Crippen MR) is 148 cm³/mol. The lowest BCUT2D eigenvalue weighted by Crippen LogP contribution is -2.71. The minimum absolute atomic E-state index is 0.0113. The van der Waals surface area contributed by atoms with E-state index in [2.05, 4.69) is 25.5 Å². The first kappa shape index (κ1) is 29.1. The minimum atomic E-state index is -1.54. The molecule has 42 heavy (non-hydrogen) atoms. The third-order valence-electron chi connectivity index (χ3n) is 6.13. The van der Waals surface area contributed by atoms with Crippen LogP contribution in [-0.2, 0) is 31.1 Å². The van der Waals surface area contributed by atoms with E-state index in [9.17, 15) is 24.3 Å². The van der Waals surface area contributed by atoms with E-state index in [-0.39, 0.29) is 33.8 Å². The van der Waals surface area contributed by atoms with Gasteiger partial charge in [0.1, 0.15) is 22.9 Å². The first-order chi connectivity index (χ1) is 20.0. The lowest BCUT2D eigenvalue weighted by molar-refractivity contribution is -0.646. The third kappa shape index (κ3) is 5.42. The highest BCUT2D eigenvalue weighted by atomic mass is 32.2. The number of nitrogens with two attached hydrogens (primary N) is 2. The fraction of sp³-hybridized carbons (Fsp3) is 0.318. The number of thioether (sulfide) groups is 2. The summed E-state index contributed by atoms with van der Waals surface area (Å²) in [6, 6.07) is 0.540. The quantitative estimate of drug-likeness (QED) is 0.0452. The molecule has 0 aromatic carbocycles. The maximum Gasteiger partial charge on any atom is 0.347 e. The van der Waals surface area contributed by atoms with Crippen molar-refractivity contribution >= 4 is 80.9 Å². The van der Waals surface area contributed by atoms with E-state index in [0.717, 1.165) is 16.2 Å². The van der Waals surface area contributed by atoms with Gasteiger partial charge in [-0.25, -0.2) is 14.3 Å². The summed E-state index contributed by atoms with van der Waals surface area (Å²) >= 11 is 3.46. The summed E-state index contributed by atoms with van der Waals surface area (Å²) in [5.41, 5.74) is 12.0. The van der Waals surface area contributed by atoms with E-state index in [1.807, 2.05) is 0 Å². The zero-order valence-corrected chi connectivity index (χ0v) is 24.2. The second kappa shape index (κ2) is 11.4. The van der Waals surface area contributed by atoms with Gasteiger partial charge in [-0.1, -0.05) is 16.9 Å². The number of carbonyl (C=O) groups is 4. The standard InChI is InChI=1S/C22H22N10O7S3/c1-8(19(35)36)39-29-13(10-6-41-21(24)26-10)16(33)28-14-17(34)31-15(20(37)38)9(4-40-18(14)31)5-42-22-27-11(23)3-12-30(2)7-25-32(12)22/h3,6-8,14,18,23H,4-5H2,1-2H3,(H5,24,26,28,33,35,36,37,38)/b29-13-/t8-,14?,18+/m0/s1. The number of aryl methyl sites for hydroxylation is 1. The smallest absolute Gasteiger partial charge is 0.347 e. The molecule has 1 unspecified atom stereocenters. The van der Waals surface area contributed by atoms with Gasteiger partial charge < -0.3 is 36.6 Å². The average Bonchev–Trinajstić information content (AvgIpc) is 3.54. The number of thiazole rings is 1. The lowest BCUT2D eigenvalue weighted by Gasteiger charge is -2.50. The van der Waals surface area contributed by atoms with Gasteiger partial charge >= 0.3 is 5.97 Å². The largest absolute Gasteiger partial charge is 0.543 e. The van der Waals surface area contributed by atoms with E-state index in [1.165, 1.54) is 35.8 Å². The van der Waals surface area contributed by atoms with E-state index in [0.29, 0.717) is 16.4 Å². The van der Waals surface area contributed by atoms with Crippen molar-refractivity contribution in [3.63, 3.8) is 0 Å². The second-order valence-corrected chi connectivity index (χ2v) is 11.9. The normalized spacial score (nSPS) is 19.3. The van der Waals surface area contributed by atoms with Crippen LogP contribution in [0.25, 0.3) is 5.65 Å². The number of aromatic nitrogens is 5. The number of anilines is 2. The molecule has 5 rings (SSSR count). The van der Waals surface area contributed by atoms with Gasteiger partial charge in [-0.15, -0.1) is 23.1 Å². The summed E-state index contributed by atoms with van der Waals surface area (Å²) in [6.07, 6.45) is 0.208. The van der Waals surface area contributed by atoms with Crippen LogP contribution in [0.3, 0.4) is 0 Å². The number of hydrogen-bond acceptors (Lipinski definition) is 15. The molecule has 220 valence electrons. The summed E-state index contributed by atoms with van der Waals surface area (Å²) in [4.78, 5) is 63.8. The number of nitrogens with zero attached hydrogens (tertiary/aromatic N) is 7. The van der Waals surface area contributed by atoms with Gasteiger partial charge in [0, 0.05) is 22.0 Å². The van der Waals surface area contributed by atoms with Crippen LogP contribution in [0, 0.1) is 0 Å². The number of β-lactam (4-membered cyclic amide) rings is 1. The van der Waals surface area contributed by atoms with Crippen molar-refractivity contribution in [2.75, 3.05) is 23.0 Å². The molecule has 0 saturated carbocycles. The fourth-order valence-electron chi connectivity index (χ4n) is 4.04. The summed E-state index contributed by atoms with van der Waals surface area (Å²) in [5, 5.41) is 32.9. The van der Waals surface area contributed by atoms with Gasteiger partial charge in [0.05, 0.1) is 24.8 Å². The van der Waals surface area contributed by atoms with E-state index < -0.39 is 47.0 Å². The Morgan fingerprint density at radius 3 is 2.81 bits per heavy atom. The topological polar surface area (TPSA) is 247 Å². The van der Waals surface area contributed by atoms with Crippen LogP contribution in [0.2, 0.25) is 0 Å². The summed E-state index contributed by atoms with van der Waals surface area (Å²) in [7, 11) is 1.79. The number of nitrogen functional groups attached to an aromatic ring is 2. The average molecular weight is 635 g/mol. The zero-order chi connectivity index (χ0) is 30.3. The molecule has 20 heteroatoms. The SMILES string of the molecule is C[C@H](O/N=C(\C(=O)NC1C(=O)N2C(C(=O)[O-])=C(CSc3nc(N)cc4n3nc[n+]4C)CS[C@H]12)c1csc(N)n1)C(=O)O. The van der Waals surface area contributed by atoms with Crippen molar-refractivity contribution in [2.45, 2.75) is 29.6 Å². The Morgan fingerprint density at radius 1 is 1.38 bits per heavy atom. The zero-order valence-electron chi connectivity index (χ0n) is 21.8. The van der Waals surface area contributed by atoms with Crippen LogP contribution in [-0.4, -0.2) is 88.1 Å². The molecular weight excluding hydrogens is 613 g/mol. The number of rotatable bonds is 10. The Labute approximate surface area is 248 Å². The highest BCUT2D eigenvalue weighted by Crippen LogP contribution is 2.41. The van der Waals surface area contributed by atoms with Crippen LogP contribution in [0.4, 0.5) is 10.9 Å². The van der Waals surface area contributed by atoms with Crippen LogP contribution >= 0.6 is 34.9 Å². The Morgan fingerprint density at radius 2 is 2.14 bits per heavy atom. The van der Waals surface area contributed by atoms with E-state index in [4.69, 9.17) is 21.4 Å². The predicted octanol–water partition coefficient (Wildman–Crippen LogP) is -2.44. The molecule has 1 saturated heterocycles. The number of carboxylic acid groups (broad SMARTS) is 2. The van der Waals surface area contributed by atoms with E-state index in [1.54, 1.807) is 28.5 Å². The lowest BCUT2D eigenvalue weighted by atomic mass is 10.0. The van der Waals surface area contributed by atoms with Crippen molar-refractivity contribution in [3.05, 3.63) is 34.7 Å². The third-order valence-corrected chi connectivity index (χ3v) is 9.16. The molecule has 1 fully saturated rings. The number of hydrogen-bond donors (Lipinski definition) is 4. The molecule has 17 nitrogen and oxygen atoms in total. The molecule has 0 bridgehead atoms.